The normalized spacial score (nSPS) is 11.0. The van der Waals surface area contributed by atoms with Crippen molar-refractivity contribution in [3.63, 3.8) is 0 Å². The van der Waals surface area contributed by atoms with Gasteiger partial charge in [0.25, 0.3) is 5.91 Å². The van der Waals surface area contributed by atoms with Gasteiger partial charge in [0.15, 0.2) is 0 Å². The SMILES string of the molecule is N#CN(CCCC(NC(=O)c1ccccc1)C(N)=O)N=O. The lowest BCUT2D eigenvalue weighted by Gasteiger charge is -2.15. The van der Waals surface area contributed by atoms with Crippen molar-refractivity contribution in [2.45, 2.75) is 18.9 Å². The molecule has 0 heterocycles. The van der Waals surface area contributed by atoms with E-state index in [1.807, 2.05) is 0 Å². The third kappa shape index (κ3) is 5.28. The Labute approximate surface area is 121 Å². The van der Waals surface area contributed by atoms with Crippen LogP contribution in [0.15, 0.2) is 35.6 Å². The lowest BCUT2D eigenvalue weighted by molar-refractivity contribution is -0.120. The van der Waals surface area contributed by atoms with Crippen molar-refractivity contribution in [1.29, 1.82) is 5.26 Å². The lowest BCUT2D eigenvalue weighted by atomic mass is 10.1. The predicted octanol–water partition coefficient (Wildman–Crippen LogP) is 0.515. The fraction of sp³-hybridized carbons (Fsp3) is 0.308. The molecule has 0 saturated heterocycles. The number of nitrogens with zero attached hydrogens (tertiary/aromatic N) is 3. The van der Waals surface area contributed by atoms with E-state index < -0.39 is 17.9 Å². The summed E-state index contributed by atoms with van der Waals surface area (Å²) in [6.07, 6.45) is 2.09. The summed E-state index contributed by atoms with van der Waals surface area (Å²) in [6, 6.07) is 7.53. The molecule has 8 heteroatoms. The van der Waals surface area contributed by atoms with Gasteiger partial charge in [0, 0.05) is 5.56 Å². The van der Waals surface area contributed by atoms with Crippen molar-refractivity contribution in [1.82, 2.24) is 10.3 Å². The largest absolute Gasteiger partial charge is 0.368 e. The molecule has 1 aromatic rings. The van der Waals surface area contributed by atoms with Crippen molar-refractivity contribution < 1.29 is 9.59 Å². The first-order valence-electron chi connectivity index (χ1n) is 6.24. The zero-order valence-corrected chi connectivity index (χ0v) is 11.2. The number of hydrogen-bond acceptors (Lipinski definition) is 5. The van der Waals surface area contributed by atoms with Gasteiger partial charge in [0.2, 0.25) is 12.1 Å². The molecule has 2 amide bonds. The van der Waals surface area contributed by atoms with Crippen molar-refractivity contribution >= 4 is 11.8 Å². The molecule has 0 aliphatic rings. The number of primary amides is 1. The highest BCUT2D eigenvalue weighted by atomic mass is 16.3. The average Bonchev–Trinajstić information content (AvgIpc) is 2.51. The first-order chi connectivity index (χ1) is 10.1. The average molecular weight is 289 g/mol. The second-order valence-electron chi connectivity index (χ2n) is 4.24. The molecule has 1 atom stereocenters. The molecule has 0 aromatic heterocycles. The summed E-state index contributed by atoms with van der Waals surface area (Å²) >= 11 is 0. The zero-order chi connectivity index (χ0) is 15.7. The van der Waals surface area contributed by atoms with Crippen LogP contribution in [0.25, 0.3) is 0 Å². The van der Waals surface area contributed by atoms with E-state index in [-0.39, 0.29) is 13.0 Å². The number of amides is 2. The molecule has 1 unspecified atom stereocenters. The van der Waals surface area contributed by atoms with Crippen LogP contribution in [0.5, 0.6) is 0 Å². The van der Waals surface area contributed by atoms with Crippen molar-refractivity contribution in [3.8, 4) is 6.19 Å². The minimum absolute atomic E-state index is 0.0605. The van der Waals surface area contributed by atoms with Crippen molar-refractivity contribution in [2.24, 2.45) is 11.0 Å². The second kappa shape index (κ2) is 8.27. The summed E-state index contributed by atoms with van der Waals surface area (Å²) in [5.74, 6) is -1.09. The van der Waals surface area contributed by atoms with E-state index in [1.54, 1.807) is 36.5 Å². The van der Waals surface area contributed by atoms with Gasteiger partial charge in [0.05, 0.1) is 11.8 Å². The number of benzene rings is 1. The number of nitroso groups, excluding NO2 is 1. The summed E-state index contributed by atoms with van der Waals surface area (Å²) in [7, 11) is 0. The third-order valence-electron chi connectivity index (χ3n) is 2.76. The molecular weight excluding hydrogens is 274 g/mol. The number of nitrogens with one attached hydrogen (secondary N) is 1. The minimum atomic E-state index is -0.870. The standard InChI is InChI=1S/C13H15N5O3/c14-9-18(17-21)8-4-7-11(12(15)19)16-13(20)10-5-2-1-3-6-10/h1-3,5-6,11H,4,7-8H2,(H2,15,19)(H,16,20). The summed E-state index contributed by atoms with van der Waals surface area (Å²) in [6.45, 7) is 0.0605. The van der Waals surface area contributed by atoms with E-state index in [9.17, 15) is 14.5 Å². The van der Waals surface area contributed by atoms with Crippen molar-refractivity contribution in [2.75, 3.05) is 6.54 Å². The van der Waals surface area contributed by atoms with E-state index >= 15 is 0 Å². The highest BCUT2D eigenvalue weighted by molar-refractivity contribution is 5.97. The summed E-state index contributed by atoms with van der Waals surface area (Å²) in [5, 5.41) is 14.2. The quantitative estimate of drug-likeness (QED) is 0.312. The van der Waals surface area contributed by atoms with E-state index in [0.29, 0.717) is 17.0 Å². The van der Waals surface area contributed by atoms with Gasteiger partial charge in [-0.15, -0.1) is 4.91 Å². The molecule has 0 bridgehead atoms. The van der Waals surface area contributed by atoms with E-state index in [0.717, 1.165) is 0 Å². The molecule has 0 radical (unpaired) electrons. The Bertz CT molecular complexity index is 540. The molecule has 0 spiro atoms. The number of carbonyl (C=O) groups is 2. The summed E-state index contributed by atoms with van der Waals surface area (Å²) < 4.78 is 0. The third-order valence-corrected chi connectivity index (χ3v) is 2.76. The molecule has 8 nitrogen and oxygen atoms in total. The minimum Gasteiger partial charge on any atom is -0.368 e. The van der Waals surface area contributed by atoms with Gasteiger partial charge in [0.1, 0.15) is 6.04 Å². The fourth-order valence-electron chi connectivity index (χ4n) is 1.67. The molecule has 1 rings (SSSR count). The maximum atomic E-state index is 11.9. The van der Waals surface area contributed by atoms with Crippen LogP contribution >= 0.6 is 0 Å². The first-order valence-corrected chi connectivity index (χ1v) is 6.24. The topological polar surface area (TPSA) is 129 Å². The highest BCUT2D eigenvalue weighted by Gasteiger charge is 2.19. The molecule has 21 heavy (non-hydrogen) atoms. The van der Waals surface area contributed by atoms with Gasteiger partial charge >= 0.3 is 0 Å². The van der Waals surface area contributed by atoms with Gasteiger partial charge in [-0.1, -0.05) is 18.2 Å². The Hall–Kier alpha value is -2.95. The predicted molar refractivity (Wildman–Crippen MR) is 74.2 cm³/mol. The first kappa shape index (κ1) is 16.1. The molecule has 0 aliphatic heterocycles. The van der Waals surface area contributed by atoms with Gasteiger partial charge < -0.3 is 11.1 Å². The van der Waals surface area contributed by atoms with E-state index in [4.69, 9.17) is 11.0 Å². The monoisotopic (exact) mass is 289 g/mol. The Morgan fingerprint density at radius 2 is 2.05 bits per heavy atom. The summed E-state index contributed by atoms with van der Waals surface area (Å²) in [4.78, 5) is 33.4. The molecule has 0 fully saturated rings. The molecule has 0 saturated carbocycles. The van der Waals surface area contributed by atoms with Crippen LogP contribution in [0.1, 0.15) is 23.2 Å². The zero-order valence-electron chi connectivity index (χ0n) is 11.2. The van der Waals surface area contributed by atoms with Gasteiger partial charge in [-0.3, -0.25) is 9.59 Å². The van der Waals surface area contributed by atoms with Crippen LogP contribution in [0.3, 0.4) is 0 Å². The lowest BCUT2D eigenvalue weighted by Crippen LogP contribution is -2.44. The number of rotatable bonds is 8. The number of nitriles is 1. The fourth-order valence-corrected chi connectivity index (χ4v) is 1.67. The van der Waals surface area contributed by atoms with Crippen LogP contribution in [-0.4, -0.2) is 29.4 Å². The Balaban J connectivity index is 2.55. The van der Waals surface area contributed by atoms with Crippen LogP contribution in [-0.2, 0) is 4.79 Å². The van der Waals surface area contributed by atoms with Gasteiger partial charge in [-0.05, 0) is 25.0 Å². The highest BCUT2D eigenvalue weighted by Crippen LogP contribution is 2.03. The Morgan fingerprint density at radius 3 is 2.57 bits per heavy atom. The smallest absolute Gasteiger partial charge is 0.251 e. The Kier molecular flexibility index (Phi) is 6.34. The number of nitrogens with two attached hydrogens (primary N) is 1. The van der Waals surface area contributed by atoms with Gasteiger partial charge in [-0.25, -0.2) is 0 Å². The van der Waals surface area contributed by atoms with E-state index in [2.05, 4.69) is 10.6 Å². The number of carbonyl (C=O) groups excluding carboxylic acids is 2. The molecule has 3 N–H and O–H groups in total. The number of hydrogen-bond donors (Lipinski definition) is 2. The maximum absolute atomic E-state index is 11.9. The molecular formula is C13H15N5O3. The maximum Gasteiger partial charge on any atom is 0.251 e. The Morgan fingerprint density at radius 1 is 1.38 bits per heavy atom. The van der Waals surface area contributed by atoms with E-state index in [1.165, 1.54) is 0 Å². The van der Waals surface area contributed by atoms with Gasteiger partial charge in [-0.2, -0.15) is 10.3 Å². The molecule has 0 aliphatic carbocycles. The second-order valence-corrected chi connectivity index (χ2v) is 4.24. The molecule has 1 aromatic carbocycles. The van der Waals surface area contributed by atoms with Crippen LogP contribution in [0.2, 0.25) is 0 Å². The molecule has 110 valence electrons. The van der Waals surface area contributed by atoms with Crippen LogP contribution in [0, 0.1) is 16.4 Å². The van der Waals surface area contributed by atoms with Crippen LogP contribution in [0.4, 0.5) is 0 Å². The summed E-state index contributed by atoms with van der Waals surface area (Å²) in [5.41, 5.74) is 5.64. The van der Waals surface area contributed by atoms with Crippen LogP contribution < -0.4 is 11.1 Å². The van der Waals surface area contributed by atoms with Crippen molar-refractivity contribution in [3.05, 3.63) is 40.8 Å².